The molecule has 1 aromatic carbocycles. The second-order valence-corrected chi connectivity index (χ2v) is 12.7. The van der Waals surface area contributed by atoms with Crippen LogP contribution < -0.4 is 10.3 Å². The predicted molar refractivity (Wildman–Crippen MR) is 143 cm³/mol. The lowest BCUT2D eigenvalue weighted by Crippen LogP contribution is -2.28. The molecule has 8 heteroatoms. The van der Waals surface area contributed by atoms with Gasteiger partial charge in [0.15, 0.2) is 5.16 Å². The highest BCUT2D eigenvalue weighted by Gasteiger charge is 2.32. The lowest BCUT2D eigenvalue weighted by molar-refractivity contribution is -0.130. The van der Waals surface area contributed by atoms with E-state index in [1.165, 1.54) is 10.4 Å². The molecule has 6 nitrogen and oxygen atoms in total. The van der Waals surface area contributed by atoms with Crippen LogP contribution in [0.15, 0.2) is 28.2 Å². The molecule has 5 rings (SSSR count). The third-order valence-electron chi connectivity index (χ3n) is 7.30. The molecule has 1 aliphatic carbocycles. The maximum absolute atomic E-state index is 14.2. The Morgan fingerprint density at radius 1 is 1.29 bits per heavy atom. The van der Waals surface area contributed by atoms with Gasteiger partial charge in [0.05, 0.1) is 30.9 Å². The SMILES string of the molecule is COc1ccc(C)c(-n2c(SC[C@H]3CCOCO3)nc3sc4c(c3c2=O)CC[C@H](C(C)(C)C)C4)c1. The Hall–Kier alpha value is -1.87. The van der Waals surface area contributed by atoms with Crippen LogP contribution in [-0.2, 0) is 22.3 Å². The molecule has 35 heavy (non-hydrogen) atoms. The van der Waals surface area contributed by atoms with E-state index in [2.05, 4.69) is 20.8 Å². The van der Waals surface area contributed by atoms with E-state index in [9.17, 15) is 4.79 Å². The number of benzene rings is 1. The van der Waals surface area contributed by atoms with Gasteiger partial charge in [-0.15, -0.1) is 11.3 Å². The molecule has 2 atom stereocenters. The summed E-state index contributed by atoms with van der Waals surface area (Å²) in [5, 5.41) is 1.51. The minimum absolute atomic E-state index is 0.0217. The van der Waals surface area contributed by atoms with Crippen LogP contribution in [0.5, 0.6) is 5.75 Å². The van der Waals surface area contributed by atoms with Gasteiger partial charge in [-0.2, -0.15) is 0 Å². The summed E-state index contributed by atoms with van der Waals surface area (Å²) in [7, 11) is 1.65. The van der Waals surface area contributed by atoms with Gasteiger partial charge in [-0.1, -0.05) is 38.6 Å². The minimum atomic E-state index is 0.0217. The van der Waals surface area contributed by atoms with Gasteiger partial charge in [0.25, 0.3) is 5.56 Å². The molecule has 0 saturated carbocycles. The van der Waals surface area contributed by atoms with E-state index in [0.29, 0.717) is 24.5 Å². The Balaban J connectivity index is 1.64. The van der Waals surface area contributed by atoms with Crippen LogP contribution in [0, 0.1) is 18.3 Å². The first-order valence-corrected chi connectivity index (χ1v) is 14.1. The van der Waals surface area contributed by atoms with E-state index in [0.717, 1.165) is 58.7 Å². The topological polar surface area (TPSA) is 62.6 Å². The molecule has 0 bridgehead atoms. The summed E-state index contributed by atoms with van der Waals surface area (Å²) in [5.41, 5.74) is 3.32. The molecule has 3 aromatic rings. The van der Waals surface area contributed by atoms with Gasteiger partial charge in [-0.3, -0.25) is 9.36 Å². The van der Waals surface area contributed by atoms with Crippen molar-refractivity contribution in [3.05, 3.63) is 44.6 Å². The minimum Gasteiger partial charge on any atom is -0.497 e. The summed E-state index contributed by atoms with van der Waals surface area (Å²) in [6, 6.07) is 5.86. The van der Waals surface area contributed by atoms with E-state index < -0.39 is 0 Å². The first-order chi connectivity index (χ1) is 16.8. The lowest BCUT2D eigenvalue weighted by atomic mass is 9.72. The number of fused-ring (bicyclic) bond motifs is 3. The molecule has 1 aliphatic heterocycles. The van der Waals surface area contributed by atoms with Crippen molar-refractivity contribution in [3.63, 3.8) is 0 Å². The number of ether oxygens (including phenoxy) is 3. The quantitative estimate of drug-likeness (QED) is 0.318. The number of thioether (sulfide) groups is 1. The molecule has 0 radical (unpaired) electrons. The zero-order chi connectivity index (χ0) is 24.7. The van der Waals surface area contributed by atoms with E-state index in [1.54, 1.807) is 34.8 Å². The van der Waals surface area contributed by atoms with Crippen molar-refractivity contribution < 1.29 is 14.2 Å². The van der Waals surface area contributed by atoms with Gasteiger partial charge in [0.1, 0.15) is 17.4 Å². The van der Waals surface area contributed by atoms with Crippen LogP contribution in [0.1, 0.15) is 49.6 Å². The van der Waals surface area contributed by atoms with E-state index in [-0.39, 0.29) is 17.1 Å². The smallest absolute Gasteiger partial charge is 0.267 e. The number of methoxy groups -OCH3 is 1. The third kappa shape index (κ3) is 4.90. The second-order valence-electron chi connectivity index (χ2n) is 10.6. The van der Waals surface area contributed by atoms with Crippen molar-refractivity contribution in [3.8, 4) is 11.4 Å². The average molecular weight is 515 g/mol. The molecular formula is C27H34N2O4S2. The fourth-order valence-electron chi connectivity index (χ4n) is 5.01. The summed E-state index contributed by atoms with van der Waals surface area (Å²) in [4.78, 5) is 21.5. The summed E-state index contributed by atoms with van der Waals surface area (Å²) < 4.78 is 18.4. The van der Waals surface area contributed by atoms with Crippen molar-refractivity contribution in [1.29, 1.82) is 0 Å². The molecule has 0 spiro atoms. The maximum atomic E-state index is 14.2. The number of aromatic nitrogens is 2. The molecule has 1 fully saturated rings. The molecule has 0 N–H and O–H groups in total. The van der Waals surface area contributed by atoms with Gasteiger partial charge >= 0.3 is 0 Å². The Morgan fingerprint density at radius 2 is 2.11 bits per heavy atom. The summed E-state index contributed by atoms with van der Waals surface area (Å²) in [6.07, 6.45) is 4.01. The molecule has 2 aliphatic rings. The highest BCUT2D eigenvalue weighted by molar-refractivity contribution is 7.99. The number of aryl methyl sites for hydroxylation is 2. The van der Waals surface area contributed by atoms with Gasteiger partial charge in [0, 0.05) is 16.7 Å². The largest absolute Gasteiger partial charge is 0.497 e. The molecule has 0 unspecified atom stereocenters. The first-order valence-electron chi connectivity index (χ1n) is 12.3. The Morgan fingerprint density at radius 3 is 2.83 bits per heavy atom. The van der Waals surface area contributed by atoms with Gasteiger partial charge < -0.3 is 14.2 Å². The third-order valence-corrected chi connectivity index (χ3v) is 9.52. The van der Waals surface area contributed by atoms with Gasteiger partial charge in [-0.25, -0.2) is 4.98 Å². The maximum Gasteiger partial charge on any atom is 0.267 e. The van der Waals surface area contributed by atoms with Crippen LogP contribution >= 0.6 is 23.1 Å². The Bertz CT molecular complexity index is 1290. The van der Waals surface area contributed by atoms with E-state index >= 15 is 0 Å². The van der Waals surface area contributed by atoms with Crippen LogP contribution in [0.2, 0.25) is 0 Å². The summed E-state index contributed by atoms with van der Waals surface area (Å²) >= 11 is 3.30. The van der Waals surface area contributed by atoms with Crippen molar-refractivity contribution >= 4 is 33.3 Å². The van der Waals surface area contributed by atoms with Crippen molar-refractivity contribution in [1.82, 2.24) is 9.55 Å². The fourth-order valence-corrected chi connectivity index (χ4v) is 7.42. The van der Waals surface area contributed by atoms with Crippen molar-refractivity contribution in [2.24, 2.45) is 11.3 Å². The molecule has 3 heterocycles. The van der Waals surface area contributed by atoms with Gasteiger partial charge in [0.2, 0.25) is 0 Å². The Kier molecular flexibility index (Phi) is 7.00. The standard InChI is InChI=1S/C27H34N2O4S2/c1-16-6-8-18(31-5)13-21(16)29-25(30)23-20-9-7-17(27(2,3)4)12-22(20)35-24(23)28-26(29)34-14-19-10-11-32-15-33-19/h6,8,13,17,19H,7,9-12,14-15H2,1-5H3/t17-,19+/m0/s1. The number of thiophene rings is 1. The van der Waals surface area contributed by atoms with E-state index in [4.69, 9.17) is 19.2 Å². The lowest BCUT2D eigenvalue weighted by Gasteiger charge is -2.33. The van der Waals surface area contributed by atoms with Crippen LogP contribution in [0.4, 0.5) is 0 Å². The second kappa shape index (κ2) is 9.88. The zero-order valence-electron chi connectivity index (χ0n) is 21.2. The Labute approximate surface area is 215 Å². The van der Waals surface area contributed by atoms with Crippen LogP contribution in [-0.4, -0.2) is 41.9 Å². The van der Waals surface area contributed by atoms with Crippen LogP contribution in [0.3, 0.4) is 0 Å². The zero-order valence-corrected chi connectivity index (χ0v) is 22.8. The molecule has 0 amide bonds. The van der Waals surface area contributed by atoms with Crippen LogP contribution in [0.25, 0.3) is 15.9 Å². The predicted octanol–water partition coefficient (Wildman–Crippen LogP) is 5.77. The number of hydrogen-bond donors (Lipinski definition) is 0. The van der Waals surface area contributed by atoms with E-state index in [1.807, 2.05) is 25.1 Å². The highest BCUT2D eigenvalue weighted by Crippen LogP contribution is 2.42. The number of rotatable bonds is 5. The fraction of sp³-hybridized carbons (Fsp3) is 0.556. The monoisotopic (exact) mass is 514 g/mol. The summed E-state index contributed by atoms with van der Waals surface area (Å²) in [6.45, 7) is 10.0. The number of nitrogens with zero attached hydrogens (tertiary/aromatic N) is 2. The van der Waals surface area contributed by atoms with Gasteiger partial charge in [-0.05, 0) is 61.1 Å². The molecule has 188 valence electrons. The normalized spacial score (nSPS) is 20.7. The van der Waals surface area contributed by atoms with Crippen molar-refractivity contribution in [2.45, 2.75) is 64.6 Å². The first kappa shape index (κ1) is 24.8. The van der Waals surface area contributed by atoms with Crippen molar-refractivity contribution in [2.75, 3.05) is 26.3 Å². The molecule has 2 aromatic heterocycles. The molecular weight excluding hydrogens is 480 g/mol. The summed E-state index contributed by atoms with van der Waals surface area (Å²) in [5.74, 6) is 2.06. The number of hydrogen-bond acceptors (Lipinski definition) is 7. The molecule has 1 saturated heterocycles. The highest BCUT2D eigenvalue weighted by atomic mass is 32.2. The average Bonchev–Trinajstić information content (AvgIpc) is 3.21.